The molecule has 1 N–H and O–H groups in total. The van der Waals surface area contributed by atoms with Crippen molar-refractivity contribution in [3.8, 4) is 0 Å². The number of imidazole rings is 1. The molecule has 152 valence electrons. The van der Waals surface area contributed by atoms with Crippen LogP contribution in [-0.4, -0.2) is 18.0 Å². The van der Waals surface area contributed by atoms with Gasteiger partial charge in [0.2, 0.25) is 14.9 Å². The monoisotopic (exact) mass is 417 g/mol. The Labute approximate surface area is 177 Å². The molecule has 0 aliphatic rings. The van der Waals surface area contributed by atoms with E-state index >= 15 is 0 Å². The minimum Gasteiger partial charge on any atom is -0.365 e. The van der Waals surface area contributed by atoms with Crippen molar-refractivity contribution in [2.45, 2.75) is 29.9 Å². The highest BCUT2D eigenvalue weighted by molar-refractivity contribution is 7.91. The van der Waals surface area contributed by atoms with Crippen molar-refractivity contribution < 1.29 is 8.42 Å². The Balaban J connectivity index is 1.72. The average molecular weight is 418 g/mol. The van der Waals surface area contributed by atoms with Gasteiger partial charge in [-0.3, -0.25) is 0 Å². The minimum absolute atomic E-state index is 0.0400. The molecule has 0 fully saturated rings. The summed E-state index contributed by atoms with van der Waals surface area (Å²) < 4.78 is 28.5. The molecule has 0 atom stereocenters. The number of nitrogens with one attached hydrogen (secondary N) is 1. The van der Waals surface area contributed by atoms with Crippen molar-refractivity contribution >= 4 is 15.7 Å². The summed E-state index contributed by atoms with van der Waals surface area (Å²) in [5.41, 5.74) is 3.13. The van der Waals surface area contributed by atoms with Gasteiger partial charge in [0.1, 0.15) is 5.82 Å². The van der Waals surface area contributed by atoms with Crippen molar-refractivity contribution in [1.29, 1.82) is 0 Å². The Hall–Kier alpha value is -3.38. The standard InChI is InChI=1S/C24H23N3O2S/c1-19-12-14-22(15-13-19)30(28,29)24-23(25-16-20-8-4-2-5-9-20)27(18-26-24)17-21-10-6-3-7-11-21/h2-15,18,25H,16-17H2,1H3. The SMILES string of the molecule is Cc1ccc(S(=O)(=O)c2ncn(Cc3ccccc3)c2NCc2ccccc2)cc1. The molecule has 0 saturated heterocycles. The molecular formula is C24H23N3O2S. The summed E-state index contributed by atoms with van der Waals surface area (Å²) in [5.74, 6) is 0.489. The van der Waals surface area contributed by atoms with Crippen molar-refractivity contribution in [2.24, 2.45) is 0 Å². The summed E-state index contributed by atoms with van der Waals surface area (Å²) in [7, 11) is -3.76. The molecule has 0 radical (unpaired) electrons. The van der Waals surface area contributed by atoms with E-state index in [1.54, 1.807) is 30.6 Å². The molecule has 0 saturated carbocycles. The van der Waals surface area contributed by atoms with Crippen molar-refractivity contribution in [1.82, 2.24) is 9.55 Å². The molecular weight excluding hydrogens is 394 g/mol. The van der Waals surface area contributed by atoms with Crippen LogP contribution in [0.2, 0.25) is 0 Å². The zero-order valence-corrected chi connectivity index (χ0v) is 17.5. The van der Waals surface area contributed by atoms with Gasteiger partial charge in [-0.2, -0.15) is 0 Å². The summed E-state index contributed by atoms with van der Waals surface area (Å²) >= 11 is 0. The van der Waals surface area contributed by atoms with E-state index in [9.17, 15) is 8.42 Å². The van der Waals surface area contributed by atoms with Crippen LogP contribution < -0.4 is 5.32 Å². The highest BCUT2D eigenvalue weighted by Crippen LogP contribution is 2.28. The number of benzene rings is 3. The number of hydrogen-bond acceptors (Lipinski definition) is 4. The number of nitrogens with zero attached hydrogens (tertiary/aromatic N) is 2. The molecule has 0 amide bonds. The zero-order chi connectivity index (χ0) is 21.0. The topological polar surface area (TPSA) is 64.0 Å². The number of sulfone groups is 1. The molecule has 0 aliphatic carbocycles. The molecule has 0 aliphatic heterocycles. The Bertz CT molecular complexity index is 1220. The van der Waals surface area contributed by atoms with E-state index in [4.69, 9.17) is 0 Å². The molecule has 0 unspecified atom stereocenters. The number of rotatable bonds is 7. The maximum Gasteiger partial charge on any atom is 0.227 e. The van der Waals surface area contributed by atoms with Gasteiger partial charge in [0, 0.05) is 6.54 Å². The van der Waals surface area contributed by atoms with Gasteiger partial charge in [0.05, 0.1) is 17.8 Å². The van der Waals surface area contributed by atoms with E-state index in [0.717, 1.165) is 16.7 Å². The fourth-order valence-corrected chi connectivity index (χ4v) is 4.60. The van der Waals surface area contributed by atoms with Crippen LogP contribution in [0.25, 0.3) is 0 Å². The molecule has 6 heteroatoms. The van der Waals surface area contributed by atoms with Crippen LogP contribution in [0.15, 0.2) is 101 Å². The van der Waals surface area contributed by atoms with Crippen LogP contribution in [-0.2, 0) is 22.9 Å². The first kappa shape index (κ1) is 19.9. The van der Waals surface area contributed by atoms with Gasteiger partial charge in [-0.25, -0.2) is 13.4 Å². The lowest BCUT2D eigenvalue weighted by Gasteiger charge is -2.13. The lowest BCUT2D eigenvalue weighted by molar-refractivity contribution is 0.593. The first-order valence-corrected chi connectivity index (χ1v) is 11.2. The molecule has 0 spiro atoms. The molecule has 4 rings (SSSR count). The fraction of sp³-hybridized carbons (Fsp3) is 0.125. The first-order valence-electron chi connectivity index (χ1n) is 9.72. The second kappa shape index (κ2) is 8.55. The molecule has 0 bridgehead atoms. The Morgan fingerprint density at radius 1 is 0.833 bits per heavy atom. The van der Waals surface area contributed by atoms with E-state index < -0.39 is 9.84 Å². The van der Waals surface area contributed by atoms with E-state index in [0.29, 0.717) is 18.9 Å². The molecule has 3 aromatic carbocycles. The summed E-state index contributed by atoms with van der Waals surface area (Å²) in [6.07, 6.45) is 1.58. The quantitative estimate of drug-likeness (QED) is 0.474. The number of aromatic nitrogens is 2. The number of aryl methyl sites for hydroxylation is 1. The average Bonchev–Trinajstić information content (AvgIpc) is 3.17. The Morgan fingerprint density at radius 2 is 1.43 bits per heavy atom. The van der Waals surface area contributed by atoms with E-state index in [1.807, 2.05) is 72.2 Å². The predicted octanol–water partition coefficient (Wildman–Crippen LogP) is 4.68. The van der Waals surface area contributed by atoms with Crippen LogP contribution in [0.1, 0.15) is 16.7 Å². The van der Waals surface area contributed by atoms with Gasteiger partial charge in [-0.15, -0.1) is 0 Å². The molecule has 1 aromatic heterocycles. The number of hydrogen-bond donors (Lipinski definition) is 1. The highest BCUT2D eigenvalue weighted by Gasteiger charge is 2.26. The van der Waals surface area contributed by atoms with Crippen molar-refractivity contribution in [3.63, 3.8) is 0 Å². The lowest BCUT2D eigenvalue weighted by Crippen LogP contribution is -2.12. The summed E-state index contributed by atoms with van der Waals surface area (Å²) in [4.78, 5) is 4.54. The highest BCUT2D eigenvalue weighted by atomic mass is 32.2. The van der Waals surface area contributed by atoms with Crippen LogP contribution in [0.3, 0.4) is 0 Å². The van der Waals surface area contributed by atoms with Crippen LogP contribution >= 0.6 is 0 Å². The Morgan fingerprint density at radius 3 is 2.07 bits per heavy atom. The molecule has 5 nitrogen and oxygen atoms in total. The lowest BCUT2D eigenvalue weighted by atomic mass is 10.2. The third-order valence-corrected chi connectivity index (χ3v) is 6.59. The zero-order valence-electron chi connectivity index (χ0n) is 16.7. The van der Waals surface area contributed by atoms with Gasteiger partial charge >= 0.3 is 0 Å². The van der Waals surface area contributed by atoms with Gasteiger partial charge in [-0.1, -0.05) is 78.4 Å². The predicted molar refractivity (Wildman–Crippen MR) is 118 cm³/mol. The summed E-state index contributed by atoms with van der Waals surface area (Å²) in [6.45, 7) is 2.95. The van der Waals surface area contributed by atoms with Gasteiger partial charge < -0.3 is 9.88 Å². The third kappa shape index (κ3) is 4.28. The smallest absolute Gasteiger partial charge is 0.227 e. The third-order valence-electron chi connectivity index (χ3n) is 4.89. The normalized spacial score (nSPS) is 11.4. The van der Waals surface area contributed by atoms with Crippen molar-refractivity contribution in [2.75, 3.05) is 5.32 Å². The van der Waals surface area contributed by atoms with Crippen molar-refractivity contribution in [3.05, 3.63) is 108 Å². The maximum absolute atomic E-state index is 13.3. The molecule has 4 aromatic rings. The summed E-state index contributed by atoms with van der Waals surface area (Å²) in [6, 6.07) is 26.6. The molecule has 1 heterocycles. The van der Waals surface area contributed by atoms with E-state index in [2.05, 4.69) is 10.3 Å². The fourth-order valence-electron chi connectivity index (χ4n) is 3.25. The van der Waals surface area contributed by atoms with Crippen LogP contribution in [0.4, 0.5) is 5.82 Å². The summed E-state index contributed by atoms with van der Waals surface area (Å²) in [5, 5.41) is 3.35. The Kier molecular flexibility index (Phi) is 5.68. The molecule has 30 heavy (non-hydrogen) atoms. The second-order valence-corrected chi connectivity index (χ2v) is 9.03. The van der Waals surface area contributed by atoms with Gasteiger partial charge in [-0.05, 0) is 30.2 Å². The number of anilines is 1. The first-order chi connectivity index (χ1) is 14.5. The minimum atomic E-state index is -3.76. The maximum atomic E-state index is 13.3. The van der Waals surface area contributed by atoms with Crippen LogP contribution in [0.5, 0.6) is 0 Å². The largest absolute Gasteiger partial charge is 0.365 e. The van der Waals surface area contributed by atoms with Gasteiger partial charge in [0.15, 0.2) is 0 Å². The van der Waals surface area contributed by atoms with E-state index in [1.165, 1.54) is 0 Å². The van der Waals surface area contributed by atoms with Crippen LogP contribution in [0, 0.1) is 6.92 Å². The van der Waals surface area contributed by atoms with Gasteiger partial charge in [0.25, 0.3) is 0 Å². The van der Waals surface area contributed by atoms with E-state index in [-0.39, 0.29) is 9.92 Å². The second-order valence-electron chi connectivity index (χ2n) is 7.17.